The van der Waals surface area contributed by atoms with E-state index in [1.54, 1.807) is 11.8 Å². The Bertz CT molecular complexity index is 871. The fraction of sp³-hybridized carbons (Fsp3) is 0.500. The predicted molar refractivity (Wildman–Crippen MR) is 107 cm³/mol. The van der Waals surface area contributed by atoms with E-state index in [0.717, 1.165) is 73.1 Å². The molecule has 0 radical (unpaired) electrons. The summed E-state index contributed by atoms with van der Waals surface area (Å²) in [6.45, 7) is 0.450. The van der Waals surface area contributed by atoms with Crippen molar-refractivity contribution >= 4 is 5.97 Å². The van der Waals surface area contributed by atoms with E-state index >= 15 is 0 Å². The number of methoxy groups -OCH3 is 2. The zero-order valence-corrected chi connectivity index (χ0v) is 16.7. The maximum Gasteiger partial charge on any atom is 0.305 e. The monoisotopic (exact) mass is 384 g/mol. The first kappa shape index (κ1) is 20.1. The molecule has 1 aliphatic rings. The topological polar surface area (TPSA) is 70.4 Å². The molecule has 0 aliphatic heterocycles. The quantitative estimate of drug-likeness (QED) is 0.517. The van der Waals surface area contributed by atoms with Crippen molar-refractivity contribution in [3.63, 3.8) is 0 Å². The Morgan fingerprint density at radius 1 is 1.07 bits per heavy atom. The molecule has 2 aromatic rings. The SMILES string of the molecule is COC(=O)CCCCc1nn(Cc2ccc(OC)cc2)c(=O)c2c1CCCC2. The number of rotatable bonds is 8. The number of benzene rings is 1. The van der Waals surface area contributed by atoms with Gasteiger partial charge in [0.25, 0.3) is 5.56 Å². The Kier molecular flexibility index (Phi) is 6.85. The van der Waals surface area contributed by atoms with Gasteiger partial charge in [-0.2, -0.15) is 5.10 Å². The molecule has 28 heavy (non-hydrogen) atoms. The van der Waals surface area contributed by atoms with Crippen LogP contribution >= 0.6 is 0 Å². The molecular formula is C22H28N2O4. The molecule has 1 aromatic heterocycles. The summed E-state index contributed by atoms with van der Waals surface area (Å²) in [7, 11) is 3.05. The summed E-state index contributed by atoms with van der Waals surface area (Å²) in [4.78, 5) is 24.3. The molecule has 6 nitrogen and oxygen atoms in total. The van der Waals surface area contributed by atoms with Crippen molar-refractivity contribution < 1.29 is 14.3 Å². The molecule has 0 N–H and O–H groups in total. The number of fused-ring (bicyclic) bond motifs is 1. The zero-order valence-electron chi connectivity index (χ0n) is 16.7. The number of aromatic nitrogens is 2. The maximum absolute atomic E-state index is 13.0. The molecule has 0 amide bonds. The second-order valence-electron chi connectivity index (χ2n) is 7.21. The molecule has 1 heterocycles. The molecule has 0 saturated heterocycles. The van der Waals surface area contributed by atoms with Crippen LogP contribution in [0.25, 0.3) is 0 Å². The Morgan fingerprint density at radius 2 is 1.79 bits per heavy atom. The van der Waals surface area contributed by atoms with Gasteiger partial charge in [0.2, 0.25) is 0 Å². The summed E-state index contributed by atoms with van der Waals surface area (Å²) < 4.78 is 11.5. The van der Waals surface area contributed by atoms with E-state index < -0.39 is 0 Å². The number of unbranched alkanes of at least 4 members (excludes halogenated alkanes) is 1. The maximum atomic E-state index is 13.0. The molecule has 0 spiro atoms. The number of hydrogen-bond donors (Lipinski definition) is 0. The van der Waals surface area contributed by atoms with Crippen molar-refractivity contribution in [2.24, 2.45) is 0 Å². The van der Waals surface area contributed by atoms with Crippen LogP contribution in [0.1, 0.15) is 54.5 Å². The van der Waals surface area contributed by atoms with Gasteiger partial charge in [-0.1, -0.05) is 12.1 Å². The van der Waals surface area contributed by atoms with Crippen molar-refractivity contribution in [2.45, 2.75) is 57.9 Å². The highest BCUT2D eigenvalue weighted by Gasteiger charge is 2.20. The van der Waals surface area contributed by atoms with Gasteiger partial charge in [0.05, 0.1) is 26.5 Å². The van der Waals surface area contributed by atoms with Gasteiger partial charge >= 0.3 is 5.97 Å². The van der Waals surface area contributed by atoms with Crippen LogP contribution in [0.2, 0.25) is 0 Å². The van der Waals surface area contributed by atoms with Gasteiger partial charge in [-0.3, -0.25) is 9.59 Å². The zero-order chi connectivity index (χ0) is 19.9. The van der Waals surface area contributed by atoms with Crippen LogP contribution in [0.5, 0.6) is 5.75 Å². The average molecular weight is 384 g/mol. The highest BCUT2D eigenvalue weighted by molar-refractivity contribution is 5.68. The molecule has 0 atom stereocenters. The molecule has 0 saturated carbocycles. The van der Waals surface area contributed by atoms with Gasteiger partial charge in [0, 0.05) is 12.0 Å². The lowest BCUT2D eigenvalue weighted by Crippen LogP contribution is -2.31. The number of carbonyl (C=O) groups excluding carboxylic acids is 1. The van der Waals surface area contributed by atoms with Crippen LogP contribution in [0.15, 0.2) is 29.1 Å². The van der Waals surface area contributed by atoms with Gasteiger partial charge in [-0.25, -0.2) is 4.68 Å². The highest BCUT2D eigenvalue weighted by Crippen LogP contribution is 2.22. The first-order chi connectivity index (χ1) is 13.6. The van der Waals surface area contributed by atoms with Gasteiger partial charge in [0.1, 0.15) is 5.75 Å². The molecule has 0 bridgehead atoms. The second kappa shape index (κ2) is 9.53. The van der Waals surface area contributed by atoms with Crippen molar-refractivity contribution in [1.82, 2.24) is 9.78 Å². The number of ether oxygens (including phenoxy) is 2. The van der Waals surface area contributed by atoms with Crippen LogP contribution in [0.4, 0.5) is 0 Å². The third-order valence-corrected chi connectivity index (χ3v) is 5.31. The highest BCUT2D eigenvalue weighted by atomic mass is 16.5. The van der Waals surface area contributed by atoms with Crippen LogP contribution in [0, 0.1) is 0 Å². The van der Waals surface area contributed by atoms with Crippen molar-refractivity contribution in [2.75, 3.05) is 14.2 Å². The van der Waals surface area contributed by atoms with Crippen molar-refractivity contribution in [3.8, 4) is 5.75 Å². The smallest absolute Gasteiger partial charge is 0.305 e. The third-order valence-electron chi connectivity index (χ3n) is 5.31. The summed E-state index contributed by atoms with van der Waals surface area (Å²) in [5.41, 5.74) is 4.12. The molecule has 1 aliphatic carbocycles. The standard InChI is InChI=1S/C22H28N2O4/c1-27-17-13-11-16(12-14-17)15-24-22(26)19-8-4-3-7-18(19)20(23-24)9-5-6-10-21(25)28-2/h11-14H,3-10,15H2,1-2H3. The Hall–Kier alpha value is -2.63. The van der Waals surface area contributed by atoms with Gasteiger partial charge in [-0.05, 0) is 68.2 Å². The van der Waals surface area contributed by atoms with Crippen molar-refractivity contribution in [3.05, 3.63) is 57.0 Å². The van der Waals surface area contributed by atoms with E-state index in [-0.39, 0.29) is 11.5 Å². The lowest BCUT2D eigenvalue weighted by Gasteiger charge is -2.20. The molecule has 0 fully saturated rings. The number of aryl methyl sites for hydroxylation is 1. The van der Waals surface area contributed by atoms with Gasteiger partial charge < -0.3 is 9.47 Å². The first-order valence-corrected chi connectivity index (χ1v) is 9.94. The molecule has 6 heteroatoms. The lowest BCUT2D eigenvalue weighted by molar-refractivity contribution is -0.140. The van der Waals surface area contributed by atoms with Crippen LogP contribution < -0.4 is 10.3 Å². The Balaban J connectivity index is 1.81. The first-order valence-electron chi connectivity index (χ1n) is 9.94. The molecule has 1 aromatic carbocycles. The average Bonchev–Trinajstić information content (AvgIpc) is 2.74. The summed E-state index contributed by atoms with van der Waals surface area (Å²) in [6.07, 6.45) is 6.73. The minimum Gasteiger partial charge on any atom is -0.497 e. The van der Waals surface area contributed by atoms with Crippen molar-refractivity contribution in [1.29, 1.82) is 0 Å². The Morgan fingerprint density at radius 3 is 2.46 bits per heavy atom. The summed E-state index contributed by atoms with van der Waals surface area (Å²) >= 11 is 0. The van der Waals surface area contributed by atoms with E-state index in [9.17, 15) is 9.59 Å². The number of hydrogen-bond acceptors (Lipinski definition) is 5. The molecule has 3 rings (SSSR count). The number of carbonyl (C=O) groups is 1. The lowest BCUT2D eigenvalue weighted by atomic mass is 9.90. The predicted octanol–water partition coefficient (Wildman–Crippen LogP) is 3.06. The fourth-order valence-corrected chi connectivity index (χ4v) is 3.74. The summed E-state index contributed by atoms with van der Waals surface area (Å²) in [5, 5.41) is 4.72. The van der Waals surface area contributed by atoms with E-state index in [1.165, 1.54) is 7.11 Å². The molecular weight excluding hydrogens is 356 g/mol. The third kappa shape index (κ3) is 4.80. The van der Waals surface area contributed by atoms with E-state index in [2.05, 4.69) is 0 Å². The van der Waals surface area contributed by atoms with E-state index in [1.807, 2.05) is 24.3 Å². The van der Waals surface area contributed by atoms with Gasteiger partial charge in [-0.15, -0.1) is 0 Å². The number of esters is 1. The van der Waals surface area contributed by atoms with E-state index in [4.69, 9.17) is 14.6 Å². The minimum absolute atomic E-state index is 0.0313. The Labute approximate surface area is 165 Å². The second-order valence-corrected chi connectivity index (χ2v) is 7.21. The summed E-state index contributed by atoms with van der Waals surface area (Å²) in [6, 6.07) is 7.71. The van der Waals surface area contributed by atoms with E-state index in [0.29, 0.717) is 13.0 Å². The summed E-state index contributed by atoms with van der Waals surface area (Å²) in [5.74, 6) is 0.611. The fourth-order valence-electron chi connectivity index (χ4n) is 3.74. The van der Waals surface area contributed by atoms with Crippen LogP contribution in [-0.2, 0) is 35.3 Å². The molecule has 150 valence electrons. The normalized spacial score (nSPS) is 13.1. The number of nitrogens with zero attached hydrogens (tertiary/aromatic N) is 2. The van der Waals surface area contributed by atoms with Crippen LogP contribution in [-0.4, -0.2) is 30.0 Å². The minimum atomic E-state index is -0.181. The van der Waals surface area contributed by atoms with Gasteiger partial charge in [0.15, 0.2) is 0 Å². The largest absolute Gasteiger partial charge is 0.497 e. The molecule has 0 unspecified atom stereocenters. The van der Waals surface area contributed by atoms with Crippen LogP contribution in [0.3, 0.4) is 0 Å².